The molecule has 4 heteroatoms. The number of aliphatic hydroxyl groups excluding tert-OH is 1. The minimum atomic E-state index is -0.310. The highest BCUT2D eigenvalue weighted by Crippen LogP contribution is 2.09. The number of hydrogen-bond donors (Lipinski definition) is 3. The summed E-state index contributed by atoms with van der Waals surface area (Å²) in [6.45, 7) is 1.87. The molecular weight excluding hydrogens is 264 g/mol. The molecule has 0 aliphatic carbocycles. The van der Waals surface area contributed by atoms with Crippen molar-refractivity contribution in [3.63, 3.8) is 0 Å². The first-order valence-corrected chi connectivity index (χ1v) is 6.96. The minimum absolute atomic E-state index is 0.101. The number of aliphatic hydroxyl groups is 1. The van der Waals surface area contributed by atoms with Crippen molar-refractivity contribution in [2.45, 2.75) is 19.4 Å². The molecular formula is C17H20N2O2. The summed E-state index contributed by atoms with van der Waals surface area (Å²) in [7, 11) is 0. The Labute approximate surface area is 124 Å². The molecule has 0 unspecified atom stereocenters. The van der Waals surface area contributed by atoms with Crippen molar-refractivity contribution in [2.24, 2.45) is 0 Å². The average molecular weight is 284 g/mol. The van der Waals surface area contributed by atoms with Crippen LogP contribution in [0, 0.1) is 6.92 Å². The topological polar surface area (TPSA) is 61.4 Å². The number of rotatable bonds is 5. The number of benzene rings is 2. The van der Waals surface area contributed by atoms with E-state index in [0.29, 0.717) is 6.42 Å². The molecule has 0 aromatic heterocycles. The molecule has 0 bridgehead atoms. The molecule has 110 valence electrons. The highest BCUT2D eigenvalue weighted by molar-refractivity contribution is 5.89. The summed E-state index contributed by atoms with van der Waals surface area (Å²) >= 11 is 0. The van der Waals surface area contributed by atoms with Gasteiger partial charge in [0.15, 0.2) is 0 Å². The Kier molecular flexibility index (Phi) is 5.35. The average Bonchev–Trinajstić information content (AvgIpc) is 2.47. The van der Waals surface area contributed by atoms with E-state index in [9.17, 15) is 9.90 Å². The molecule has 0 heterocycles. The number of urea groups is 1. The van der Waals surface area contributed by atoms with Gasteiger partial charge < -0.3 is 15.7 Å². The predicted molar refractivity (Wildman–Crippen MR) is 84.4 cm³/mol. The Bertz CT molecular complexity index is 584. The number of nitrogens with one attached hydrogen (secondary N) is 2. The van der Waals surface area contributed by atoms with Gasteiger partial charge in [0.2, 0.25) is 0 Å². The van der Waals surface area contributed by atoms with E-state index in [0.717, 1.165) is 16.8 Å². The minimum Gasteiger partial charge on any atom is -0.394 e. The summed E-state index contributed by atoms with van der Waals surface area (Å²) in [5.74, 6) is 0. The third-order valence-electron chi connectivity index (χ3n) is 3.16. The van der Waals surface area contributed by atoms with Crippen molar-refractivity contribution in [3.8, 4) is 0 Å². The second-order valence-corrected chi connectivity index (χ2v) is 5.04. The molecule has 0 aliphatic heterocycles. The van der Waals surface area contributed by atoms with E-state index < -0.39 is 0 Å². The van der Waals surface area contributed by atoms with Gasteiger partial charge in [-0.3, -0.25) is 0 Å². The van der Waals surface area contributed by atoms with Crippen molar-refractivity contribution >= 4 is 11.7 Å². The van der Waals surface area contributed by atoms with Crippen LogP contribution >= 0.6 is 0 Å². The maximum Gasteiger partial charge on any atom is 0.319 e. The number of hydrogen-bond acceptors (Lipinski definition) is 2. The third-order valence-corrected chi connectivity index (χ3v) is 3.16. The van der Waals surface area contributed by atoms with E-state index in [-0.39, 0.29) is 18.7 Å². The molecule has 0 saturated heterocycles. The van der Waals surface area contributed by atoms with Crippen molar-refractivity contribution in [3.05, 3.63) is 65.7 Å². The van der Waals surface area contributed by atoms with Gasteiger partial charge in [-0.25, -0.2) is 4.79 Å². The fourth-order valence-corrected chi connectivity index (χ4v) is 2.14. The van der Waals surface area contributed by atoms with Gasteiger partial charge in [0.05, 0.1) is 12.6 Å². The molecule has 2 rings (SSSR count). The van der Waals surface area contributed by atoms with E-state index in [1.54, 1.807) is 0 Å². The molecule has 0 radical (unpaired) electrons. The number of amides is 2. The smallest absolute Gasteiger partial charge is 0.319 e. The molecule has 21 heavy (non-hydrogen) atoms. The van der Waals surface area contributed by atoms with Crippen LogP contribution in [0.15, 0.2) is 54.6 Å². The van der Waals surface area contributed by atoms with E-state index >= 15 is 0 Å². The maximum atomic E-state index is 11.9. The predicted octanol–water partition coefficient (Wildman–Crippen LogP) is 2.72. The van der Waals surface area contributed by atoms with E-state index in [2.05, 4.69) is 10.6 Å². The van der Waals surface area contributed by atoms with Crippen LogP contribution in [0.4, 0.5) is 10.5 Å². The van der Waals surface area contributed by atoms with Gasteiger partial charge in [-0.2, -0.15) is 0 Å². The van der Waals surface area contributed by atoms with E-state index in [1.807, 2.05) is 61.5 Å². The molecule has 2 aromatic carbocycles. The van der Waals surface area contributed by atoms with Crippen LogP contribution in [0.1, 0.15) is 11.1 Å². The molecule has 0 spiro atoms. The maximum absolute atomic E-state index is 11.9. The van der Waals surface area contributed by atoms with Gasteiger partial charge in [-0.15, -0.1) is 0 Å². The van der Waals surface area contributed by atoms with Crippen LogP contribution in [-0.4, -0.2) is 23.8 Å². The van der Waals surface area contributed by atoms with Crippen LogP contribution in [0.2, 0.25) is 0 Å². The molecule has 0 aliphatic rings. The molecule has 2 amide bonds. The number of carbonyl (C=O) groups excluding carboxylic acids is 1. The molecule has 3 N–H and O–H groups in total. The Morgan fingerprint density at radius 3 is 2.57 bits per heavy atom. The monoisotopic (exact) mass is 284 g/mol. The third kappa shape index (κ3) is 4.93. The van der Waals surface area contributed by atoms with E-state index in [4.69, 9.17) is 0 Å². The summed E-state index contributed by atoms with van der Waals surface area (Å²) < 4.78 is 0. The largest absolute Gasteiger partial charge is 0.394 e. The lowest BCUT2D eigenvalue weighted by atomic mass is 10.1. The number of aryl methyl sites for hydroxylation is 1. The highest BCUT2D eigenvalue weighted by atomic mass is 16.3. The van der Waals surface area contributed by atoms with Gasteiger partial charge >= 0.3 is 6.03 Å². The van der Waals surface area contributed by atoms with Crippen LogP contribution < -0.4 is 10.6 Å². The van der Waals surface area contributed by atoms with Gasteiger partial charge in [0.1, 0.15) is 0 Å². The number of anilines is 1. The number of carbonyl (C=O) groups is 1. The molecule has 0 fully saturated rings. The van der Waals surface area contributed by atoms with Gasteiger partial charge in [-0.1, -0.05) is 42.5 Å². The lowest BCUT2D eigenvalue weighted by Gasteiger charge is -2.17. The van der Waals surface area contributed by atoms with Crippen LogP contribution in [0.5, 0.6) is 0 Å². The van der Waals surface area contributed by atoms with Crippen LogP contribution in [0.25, 0.3) is 0 Å². The molecule has 0 saturated carbocycles. The Morgan fingerprint density at radius 2 is 1.90 bits per heavy atom. The summed E-state index contributed by atoms with van der Waals surface area (Å²) in [4.78, 5) is 11.9. The van der Waals surface area contributed by atoms with E-state index in [1.165, 1.54) is 0 Å². The Balaban J connectivity index is 1.90. The van der Waals surface area contributed by atoms with Gasteiger partial charge in [-0.05, 0) is 36.6 Å². The van der Waals surface area contributed by atoms with Crippen molar-refractivity contribution in [2.75, 3.05) is 11.9 Å². The zero-order valence-corrected chi connectivity index (χ0v) is 12.0. The summed E-state index contributed by atoms with van der Waals surface area (Å²) in [5.41, 5.74) is 2.90. The van der Waals surface area contributed by atoms with Crippen LogP contribution in [0.3, 0.4) is 0 Å². The van der Waals surface area contributed by atoms with Crippen molar-refractivity contribution in [1.82, 2.24) is 5.32 Å². The first-order valence-electron chi connectivity index (χ1n) is 6.96. The zero-order valence-electron chi connectivity index (χ0n) is 12.0. The Hall–Kier alpha value is -2.33. The SMILES string of the molecule is Cc1cccc(NC(=O)N[C@@H](CO)Cc2ccccc2)c1. The van der Waals surface area contributed by atoms with Crippen molar-refractivity contribution in [1.29, 1.82) is 0 Å². The Morgan fingerprint density at radius 1 is 1.14 bits per heavy atom. The second kappa shape index (κ2) is 7.45. The van der Waals surface area contributed by atoms with Crippen molar-refractivity contribution < 1.29 is 9.90 Å². The zero-order chi connectivity index (χ0) is 15.1. The summed E-state index contributed by atoms with van der Waals surface area (Å²) in [6.07, 6.45) is 0.596. The molecule has 2 aromatic rings. The summed E-state index contributed by atoms with van der Waals surface area (Å²) in [6, 6.07) is 16.7. The fourth-order valence-electron chi connectivity index (χ4n) is 2.14. The lowest BCUT2D eigenvalue weighted by molar-refractivity contribution is 0.224. The standard InChI is InChI=1S/C17H20N2O2/c1-13-6-5-9-15(10-13)18-17(21)19-16(12-20)11-14-7-3-2-4-8-14/h2-10,16,20H,11-12H2,1H3,(H2,18,19,21)/t16-/m1/s1. The van der Waals surface area contributed by atoms with Crippen LogP contribution in [-0.2, 0) is 6.42 Å². The fraction of sp³-hybridized carbons (Fsp3) is 0.235. The second-order valence-electron chi connectivity index (χ2n) is 5.04. The first-order chi connectivity index (χ1) is 10.2. The van der Waals surface area contributed by atoms with Gasteiger partial charge in [0.25, 0.3) is 0 Å². The first kappa shape index (κ1) is 15.1. The molecule has 1 atom stereocenters. The quantitative estimate of drug-likeness (QED) is 0.790. The molecule has 4 nitrogen and oxygen atoms in total. The van der Waals surface area contributed by atoms with Gasteiger partial charge in [0, 0.05) is 5.69 Å². The normalized spacial score (nSPS) is 11.7. The lowest BCUT2D eigenvalue weighted by Crippen LogP contribution is -2.41. The highest BCUT2D eigenvalue weighted by Gasteiger charge is 2.12. The summed E-state index contributed by atoms with van der Waals surface area (Å²) in [5, 5.41) is 15.0.